The van der Waals surface area contributed by atoms with Crippen molar-refractivity contribution in [1.29, 1.82) is 0 Å². The van der Waals surface area contributed by atoms with Crippen LogP contribution in [0.2, 0.25) is 0 Å². The van der Waals surface area contributed by atoms with E-state index in [-0.39, 0.29) is 10.8 Å². The Kier molecular flexibility index (Phi) is 11.0. The van der Waals surface area contributed by atoms with Gasteiger partial charge in [-0.25, -0.2) is 4.98 Å². The molecule has 0 fully saturated rings. The van der Waals surface area contributed by atoms with Crippen LogP contribution in [0.5, 0.6) is 11.5 Å². The Balaban J connectivity index is 0.894. The number of furan rings is 2. The summed E-state index contributed by atoms with van der Waals surface area (Å²) in [5.74, 6) is 2.29. The third-order valence-electron chi connectivity index (χ3n) is 17.9. The summed E-state index contributed by atoms with van der Waals surface area (Å²) in [6.07, 6.45) is 6.02. The standard InChI is InChI=1S/C80H58N4O3/c1-79(2,3)52-37-38-81-76(44-52)84-69-26-12-9-21-59(69)60-34-32-55(46-70(60)84)85-54-18-15-17-53(45-54)82-47-83-77-63(24-16-25-68(77)80(4,5)6)64-39-48(49-30-35-74-65(40-49)61-22-10-13-27-72(61)86-74)29-33-58(64)56-19-7-8-20-57(56)67-42-51(43-71(82)78(67)83)50-31-36-75-66(41-50)62-23-11-14-28-73(62)87-75/h7-46H,1-6H3. The molecular weight excluding hydrogens is 1060 g/mol. The number of aromatic nitrogens is 4. The minimum Gasteiger partial charge on any atom is -0.458 e. The topological polar surface area (TPSA) is 62.1 Å². The first-order valence-corrected chi connectivity index (χ1v) is 29.9. The molecule has 16 aromatic rings. The number of imidazole rings is 1. The van der Waals surface area contributed by atoms with Crippen LogP contribution < -0.4 is 9.30 Å². The zero-order chi connectivity index (χ0) is 58.4. The van der Waals surface area contributed by atoms with Crippen molar-refractivity contribution in [1.82, 2.24) is 14.1 Å². The molecule has 0 spiro atoms. The summed E-state index contributed by atoms with van der Waals surface area (Å²) in [7, 11) is 0. The second-order valence-electron chi connectivity index (χ2n) is 25.3. The van der Waals surface area contributed by atoms with Crippen LogP contribution in [0.1, 0.15) is 52.7 Å². The van der Waals surface area contributed by atoms with Gasteiger partial charge in [0.15, 0.2) is 0 Å². The maximum atomic E-state index is 7.02. The molecule has 5 aromatic heterocycles. The molecule has 0 radical (unpaired) electrons. The molecule has 416 valence electrons. The van der Waals surface area contributed by atoms with Crippen molar-refractivity contribution in [3.63, 3.8) is 0 Å². The van der Waals surface area contributed by atoms with Crippen LogP contribution in [0, 0.1) is 6.33 Å². The van der Waals surface area contributed by atoms with E-state index < -0.39 is 0 Å². The quantitative estimate of drug-likeness (QED) is 0.123. The van der Waals surface area contributed by atoms with E-state index >= 15 is 0 Å². The molecule has 0 atom stereocenters. The van der Waals surface area contributed by atoms with E-state index in [9.17, 15) is 0 Å². The number of para-hydroxylation sites is 4. The van der Waals surface area contributed by atoms with Gasteiger partial charge in [0.05, 0.1) is 33.4 Å². The Labute approximate surface area is 503 Å². The number of benzene rings is 11. The predicted octanol–water partition coefficient (Wildman–Crippen LogP) is 21.0. The summed E-state index contributed by atoms with van der Waals surface area (Å²) in [5.41, 5.74) is 22.8. The summed E-state index contributed by atoms with van der Waals surface area (Å²) >= 11 is 0. The molecule has 1 aliphatic rings. The van der Waals surface area contributed by atoms with Gasteiger partial charge in [-0.2, -0.15) is 0 Å². The van der Waals surface area contributed by atoms with Crippen molar-refractivity contribution < 1.29 is 18.1 Å². The summed E-state index contributed by atoms with van der Waals surface area (Å²) in [6.45, 7) is 13.7. The van der Waals surface area contributed by atoms with Crippen molar-refractivity contribution in [3.8, 4) is 84.3 Å². The highest BCUT2D eigenvalue weighted by atomic mass is 16.5. The Morgan fingerprint density at radius 2 is 0.989 bits per heavy atom. The summed E-state index contributed by atoms with van der Waals surface area (Å²) < 4.78 is 26.6. The molecule has 0 saturated carbocycles. The average molecular weight is 1120 g/mol. The Morgan fingerprint density at radius 1 is 0.402 bits per heavy atom. The number of ether oxygens (including phenoxy) is 1. The van der Waals surface area contributed by atoms with Gasteiger partial charge in [0.1, 0.15) is 39.6 Å². The van der Waals surface area contributed by atoms with Gasteiger partial charge in [0.2, 0.25) is 0 Å². The fourth-order valence-electron chi connectivity index (χ4n) is 13.6. The van der Waals surface area contributed by atoms with E-state index in [0.717, 1.165) is 155 Å². The lowest BCUT2D eigenvalue weighted by Gasteiger charge is -2.26. The molecule has 0 bridgehead atoms. The summed E-state index contributed by atoms with van der Waals surface area (Å²) in [6, 6.07) is 85.1. The zero-order valence-electron chi connectivity index (χ0n) is 49.1. The van der Waals surface area contributed by atoms with E-state index in [1.807, 2.05) is 36.5 Å². The van der Waals surface area contributed by atoms with Gasteiger partial charge in [-0.05, 0) is 175 Å². The maximum absolute atomic E-state index is 7.02. The fraction of sp³-hybridized carbons (Fsp3) is 0.100. The average Bonchev–Trinajstić information content (AvgIpc) is 1.78. The normalized spacial score (nSPS) is 12.5. The van der Waals surface area contributed by atoms with Gasteiger partial charge in [0.25, 0.3) is 6.33 Å². The van der Waals surface area contributed by atoms with Gasteiger partial charge in [-0.1, -0.05) is 175 Å². The Morgan fingerprint density at radius 3 is 1.72 bits per heavy atom. The molecule has 1 aliphatic heterocycles. The highest BCUT2D eigenvalue weighted by Gasteiger charge is 2.31. The molecule has 11 aromatic carbocycles. The van der Waals surface area contributed by atoms with Gasteiger partial charge >= 0.3 is 0 Å². The fourth-order valence-corrected chi connectivity index (χ4v) is 13.6. The number of hydrogen-bond donors (Lipinski definition) is 0. The van der Waals surface area contributed by atoms with Crippen LogP contribution in [0.4, 0.5) is 0 Å². The van der Waals surface area contributed by atoms with E-state index in [0.29, 0.717) is 5.75 Å². The molecule has 0 N–H and O–H groups in total. The molecule has 7 nitrogen and oxygen atoms in total. The molecule has 0 unspecified atom stereocenters. The van der Waals surface area contributed by atoms with Gasteiger partial charge in [-0.15, -0.1) is 0 Å². The molecule has 6 heterocycles. The van der Waals surface area contributed by atoms with Gasteiger partial charge in [0, 0.05) is 44.6 Å². The smallest absolute Gasteiger partial charge is 0.269 e. The van der Waals surface area contributed by atoms with Crippen molar-refractivity contribution in [2.75, 3.05) is 0 Å². The second kappa shape index (κ2) is 18.9. The summed E-state index contributed by atoms with van der Waals surface area (Å²) in [4.78, 5) is 4.96. The lowest BCUT2D eigenvalue weighted by Crippen LogP contribution is -2.35. The molecule has 0 amide bonds. The van der Waals surface area contributed by atoms with Crippen LogP contribution in [-0.2, 0) is 10.8 Å². The number of rotatable bonds is 6. The molecule has 17 rings (SSSR count). The first-order valence-electron chi connectivity index (χ1n) is 29.9. The zero-order valence-corrected chi connectivity index (χ0v) is 49.1. The monoisotopic (exact) mass is 1120 g/mol. The number of nitrogens with zero attached hydrogens (tertiary/aromatic N) is 4. The molecular formula is C80H58N4O3. The highest BCUT2D eigenvalue weighted by molar-refractivity contribution is 6.11. The Hall–Kier alpha value is -10.8. The van der Waals surface area contributed by atoms with Gasteiger partial charge in [-0.3, -0.25) is 13.7 Å². The van der Waals surface area contributed by atoms with E-state index in [1.165, 1.54) is 11.1 Å². The molecule has 87 heavy (non-hydrogen) atoms. The van der Waals surface area contributed by atoms with Crippen molar-refractivity contribution in [2.45, 2.75) is 52.4 Å². The molecule has 7 heteroatoms. The summed E-state index contributed by atoms with van der Waals surface area (Å²) in [5, 5.41) is 6.66. The Bertz CT molecular complexity index is 5540. The van der Waals surface area contributed by atoms with E-state index in [4.69, 9.17) is 18.6 Å². The van der Waals surface area contributed by atoms with Crippen molar-refractivity contribution in [2.24, 2.45) is 0 Å². The third kappa shape index (κ3) is 8.10. The second-order valence-corrected chi connectivity index (χ2v) is 25.3. The van der Waals surface area contributed by atoms with Crippen molar-refractivity contribution >= 4 is 76.7 Å². The largest absolute Gasteiger partial charge is 0.458 e. The maximum Gasteiger partial charge on any atom is 0.269 e. The first kappa shape index (κ1) is 50.7. The van der Waals surface area contributed by atoms with Crippen LogP contribution in [-0.4, -0.2) is 14.1 Å². The van der Waals surface area contributed by atoms with Gasteiger partial charge < -0.3 is 13.6 Å². The first-order chi connectivity index (χ1) is 42.4. The van der Waals surface area contributed by atoms with Crippen LogP contribution in [0.15, 0.2) is 252 Å². The number of fused-ring (bicyclic) bond motifs is 16. The number of hydrogen-bond acceptors (Lipinski definition) is 4. The predicted molar refractivity (Wildman–Crippen MR) is 355 cm³/mol. The van der Waals surface area contributed by atoms with Crippen molar-refractivity contribution in [3.05, 3.63) is 260 Å². The molecule has 0 aliphatic carbocycles. The minimum absolute atomic E-state index is 0.0491. The third-order valence-corrected chi connectivity index (χ3v) is 17.9. The lowest BCUT2D eigenvalue weighted by atomic mass is 9.81. The number of pyridine rings is 1. The van der Waals surface area contributed by atoms with Crippen LogP contribution in [0.3, 0.4) is 0 Å². The van der Waals surface area contributed by atoms with E-state index in [1.54, 1.807) is 0 Å². The van der Waals surface area contributed by atoms with E-state index in [2.05, 4.69) is 268 Å². The minimum atomic E-state index is -0.276. The SMILES string of the molecule is CC(C)(C)c1ccnc(-n2c3ccccc3c3ccc(Oc4cccc(-n5[c-][n+]6c7c(cc(-c8ccc9oc%10ccccc%10c9c8)cc75)-c5ccccc5-c5ccc(-c7ccc8oc9ccccc9c8c7)cc5-c5cccc(C(C)(C)C)c5-6)c4)cc32)c1. The molecule has 0 saturated heterocycles. The van der Waals surface area contributed by atoms with Crippen LogP contribution in [0.25, 0.3) is 150 Å². The highest BCUT2D eigenvalue weighted by Crippen LogP contribution is 2.48. The lowest BCUT2D eigenvalue weighted by molar-refractivity contribution is -0.572. The van der Waals surface area contributed by atoms with Crippen LogP contribution >= 0.6 is 0 Å².